The Bertz CT molecular complexity index is 678. The molecule has 11 nitrogen and oxygen atoms in total. The summed E-state index contributed by atoms with van der Waals surface area (Å²) in [5, 5.41) is 16.0. The average molecular weight is 396 g/mol. The number of carbonyl (C=O) groups excluding carboxylic acids is 3. The predicted molar refractivity (Wildman–Crippen MR) is 99.9 cm³/mol. The number of imidazole rings is 1. The quantitative estimate of drug-likeness (QED) is 0.264. The Morgan fingerprint density at radius 1 is 1.21 bits per heavy atom. The smallest absolute Gasteiger partial charge is 0.325 e. The molecule has 1 rings (SSSR count). The standard InChI is InChI=1S/C17H28N6O5/c1-4-9(2)14(18)16(26)23-12(5-11-6-19-8-21-11)15(25)20-7-13(24)22-10(3)17(27)28/h6,8-10,12,14H,4-5,7,18H2,1-3H3,(H,19,21)(H,20,25)(H,22,24)(H,23,26)(H,27,28). The van der Waals surface area contributed by atoms with Crippen molar-refractivity contribution in [1.29, 1.82) is 0 Å². The Morgan fingerprint density at radius 3 is 2.43 bits per heavy atom. The van der Waals surface area contributed by atoms with Crippen LogP contribution >= 0.6 is 0 Å². The molecule has 1 heterocycles. The van der Waals surface area contributed by atoms with Gasteiger partial charge in [-0.3, -0.25) is 19.2 Å². The maximum absolute atomic E-state index is 12.5. The maximum atomic E-state index is 12.5. The van der Waals surface area contributed by atoms with Gasteiger partial charge in [-0.1, -0.05) is 20.3 Å². The summed E-state index contributed by atoms with van der Waals surface area (Å²) in [5.74, 6) is -3.00. The van der Waals surface area contributed by atoms with Crippen molar-refractivity contribution in [2.45, 2.75) is 51.7 Å². The third-order valence-corrected chi connectivity index (χ3v) is 4.34. The first-order chi connectivity index (χ1) is 13.1. The van der Waals surface area contributed by atoms with Crippen LogP contribution in [0.25, 0.3) is 0 Å². The van der Waals surface area contributed by atoms with Gasteiger partial charge >= 0.3 is 5.97 Å². The van der Waals surface area contributed by atoms with Gasteiger partial charge in [-0.05, 0) is 12.8 Å². The monoisotopic (exact) mass is 396 g/mol. The zero-order valence-electron chi connectivity index (χ0n) is 16.2. The van der Waals surface area contributed by atoms with Crippen LogP contribution in [0.3, 0.4) is 0 Å². The lowest BCUT2D eigenvalue weighted by molar-refractivity contribution is -0.141. The fraction of sp³-hybridized carbons (Fsp3) is 0.588. The molecule has 0 spiro atoms. The number of H-pyrrole nitrogens is 1. The molecule has 0 bridgehead atoms. The molecule has 1 aromatic heterocycles. The molecule has 7 N–H and O–H groups in total. The molecule has 0 aliphatic heterocycles. The number of amides is 3. The number of rotatable bonds is 11. The maximum Gasteiger partial charge on any atom is 0.325 e. The lowest BCUT2D eigenvalue weighted by Crippen LogP contribution is -2.55. The van der Waals surface area contributed by atoms with Gasteiger partial charge in [-0.25, -0.2) is 4.98 Å². The molecule has 0 saturated heterocycles. The number of nitrogens with two attached hydrogens (primary N) is 1. The molecule has 0 aliphatic rings. The van der Waals surface area contributed by atoms with Gasteiger partial charge < -0.3 is 31.8 Å². The Balaban J connectivity index is 2.72. The van der Waals surface area contributed by atoms with Crippen LogP contribution in [0.5, 0.6) is 0 Å². The third kappa shape index (κ3) is 7.35. The summed E-state index contributed by atoms with van der Waals surface area (Å²) in [6.45, 7) is 4.62. The highest BCUT2D eigenvalue weighted by Gasteiger charge is 2.27. The Morgan fingerprint density at radius 2 is 1.89 bits per heavy atom. The number of hydrogen-bond donors (Lipinski definition) is 6. The molecule has 4 atom stereocenters. The highest BCUT2D eigenvalue weighted by atomic mass is 16.4. The molecule has 4 unspecified atom stereocenters. The molecule has 1 aromatic rings. The third-order valence-electron chi connectivity index (χ3n) is 4.34. The first-order valence-corrected chi connectivity index (χ1v) is 8.98. The lowest BCUT2D eigenvalue weighted by Gasteiger charge is -2.23. The first-order valence-electron chi connectivity index (χ1n) is 8.98. The summed E-state index contributed by atoms with van der Waals surface area (Å²) in [6.07, 6.45) is 3.78. The van der Waals surface area contributed by atoms with Gasteiger partial charge in [-0.15, -0.1) is 0 Å². The van der Waals surface area contributed by atoms with Crippen LogP contribution in [0.15, 0.2) is 12.5 Å². The summed E-state index contributed by atoms with van der Waals surface area (Å²) in [6, 6.07) is -2.84. The van der Waals surface area contributed by atoms with Gasteiger partial charge in [0, 0.05) is 18.3 Å². The van der Waals surface area contributed by atoms with Gasteiger partial charge in [0.1, 0.15) is 12.1 Å². The van der Waals surface area contributed by atoms with Crippen molar-refractivity contribution in [2.24, 2.45) is 11.7 Å². The molecule has 0 radical (unpaired) electrons. The lowest BCUT2D eigenvalue weighted by atomic mass is 9.99. The summed E-state index contributed by atoms with van der Waals surface area (Å²) in [5.41, 5.74) is 6.53. The second kappa shape index (κ2) is 11.0. The number of carboxylic acids is 1. The van der Waals surface area contributed by atoms with E-state index in [-0.39, 0.29) is 12.3 Å². The number of aliphatic carboxylic acids is 1. The van der Waals surface area contributed by atoms with Gasteiger partial charge in [0.05, 0.1) is 18.9 Å². The molecule has 0 fully saturated rings. The van der Waals surface area contributed by atoms with E-state index in [1.165, 1.54) is 19.4 Å². The van der Waals surface area contributed by atoms with E-state index in [4.69, 9.17) is 10.8 Å². The second-order valence-electron chi connectivity index (χ2n) is 6.60. The van der Waals surface area contributed by atoms with Crippen molar-refractivity contribution >= 4 is 23.7 Å². The summed E-state index contributed by atoms with van der Waals surface area (Å²) >= 11 is 0. The Kier molecular flexibility index (Phi) is 9.09. The van der Waals surface area contributed by atoms with Crippen molar-refractivity contribution in [3.63, 3.8) is 0 Å². The molecule has 28 heavy (non-hydrogen) atoms. The molecule has 0 saturated carbocycles. The van der Waals surface area contributed by atoms with Crippen LogP contribution in [0.2, 0.25) is 0 Å². The Labute approximate surface area is 162 Å². The SMILES string of the molecule is CCC(C)C(N)C(=O)NC(Cc1cnc[nH]1)C(=O)NCC(=O)NC(C)C(=O)O. The van der Waals surface area contributed by atoms with Crippen molar-refractivity contribution in [2.75, 3.05) is 6.54 Å². The van der Waals surface area contributed by atoms with Crippen LogP contribution in [-0.4, -0.2) is 63.4 Å². The van der Waals surface area contributed by atoms with Crippen molar-refractivity contribution in [3.05, 3.63) is 18.2 Å². The van der Waals surface area contributed by atoms with E-state index in [1.54, 1.807) is 0 Å². The van der Waals surface area contributed by atoms with Crippen LogP contribution in [-0.2, 0) is 25.6 Å². The van der Waals surface area contributed by atoms with Crippen molar-refractivity contribution in [3.8, 4) is 0 Å². The number of carbonyl (C=O) groups is 4. The molecule has 0 aromatic carbocycles. The van der Waals surface area contributed by atoms with E-state index < -0.39 is 48.4 Å². The number of aromatic amines is 1. The van der Waals surface area contributed by atoms with Gasteiger partial charge in [-0.2, -0.15) is 0 Å². The predicted octanol–water partition coefficient (Wildman–Crippen LogP) is -1.48. The van der Waals surface area contributed by atoms with Crippen LogP contribution in [0.4, 0.5) is 0 Å². The minimum Gasteiger partial charge on any atom is -0.480 e. The largest absolute Gasteiger partial charge is 0.480 e. The van der Waals surface area contributed by atoms with Gasteiger partial charge in [0.25, 0.3) is 0 Å². The Hall–Kier alpha value is -2.95. The van der Waals surface area contributed by atoms with E-state index in [1.807, 2.05) is 13.8 Å². The van der Waals surface area contributed by atoms with E-state index in [2.05, 4.69) is 25.9 Å². The molecular formula is C17H28N6O5. The van der Waals surface area contributed by atoms with Crippen LogP contribution in [0.1, 0.15) is 32.9 Å². The highest BCUT2D eigenvalue weighted by Crippen LogP contribution is 2.06. The normalized spacial score (nSPS) is 15.0. The average Bonchev–Trinajstić information content (AvgIpc) is 3.17. The zero-order valence-corrected chi connectivity index (χ0v) is 16.2. The van der Waals surface area contributed by atoms with Crippen LogP contribution in [0, 0.1) is 5.92 Å². The molecule has 11 heteroatoms. The van der Waals surface area contributed by atoms with E-state index >= 15 is 0 Å². The second-order valence-corrected chi connectivity index (χ2v) is 6.60. The minimum atomic E-state index is -1.19. The summed E-state index contributed by atoms with van der Waals surface area (Å²) < 4.78 is 0. The number of hydrogen-bond acceptors (Lipinski definition) is 6. The highest BCUT2D eigenvalue weighted by molar-refractivity contribution is 5.92. The van der Waals surface area contributed by atoms with E-state index in [9.17, 15) is 19.2 Å². The fourth-order valence-electron chi connectivity index (χ4n) is 2.25. The number of nitrogens with one attached hydrogen (secondary N) is 4. The molecule has 3 amide bonds. The zero-order chi connectivity index (χ0) is 21.3. The van der Waals surface area contributed by atoms with Gasteiger partial charge in [0.15, 0.2) is 0 Å². The van der Waals surface area contributed by atoms with Crippen LogP contribution < -0.4 is 21.7 Å². The molecule has 156 valence electrons. The summed E-state index contributed by atoms with van der Waals surface area (Å²) in [7, 11) is 0. The minimum absolute atomic E-state index is 0.0702. The molecule has 0 aliphatic carbocycles. The topological polar surface area (TPSA) is 179 Å². The van der Waals surface area contributed by atoms with E-state index in [0.29, 0.717) is 12.1 Å². The van der Waals surface area contributed by atoms with Crippen molar-refractivity contribution < 1.29 is 24.3 Å². The molecular weight excluding hydrogens is 368 g/mol. The van der Waals surface area contributed by atoms with E-state index in [0.717, 1.165) is 0 Å². The fourth-order valence-corrected chi connectivity index (χ4v) is 2.25. The number of nitrogens with zero attached hydrogens (tertiary/aromatic N) is 1. The van der Waals surface area contributed by atoms with Gasteiger partial charge in [0.2, 0.25) is 17.7 Å². The summed E-state index contributed by atoms with van der Waals surface area (Å²) in [4.78, 5) is 54.1. The first kappa shape index (κ1) is 23.1. The van der Waals surface area contributed by atoms with Crippen molar-refractivity contribution in [1.82, 2.24) is 25.9 Å². The number of carboxylic acid groups (broad SMARTS) is 1. The number of aromatic nitrogens is 2.